The van der Waals surface area contributed by atoms with Crippen LogP contribution in [0.25, 0.3) is 0 Å². The number of ether oxygens (including phenoxy) is 1. The predicted octanol–water partition coefficient (Wildman–Crippen LogP) is 3.91. The van der Waals surface area contributed by atoms with Gasteiger partial charge in [0.2, 0.25) is 0 Å². The molecule has 0 unspecified atom stereocenters. The van der Waals surface area contributed by atoms with Crippen molar-refractivity contribution in [3.05, 3.63) is 29.8 Å². The number of hydrogen-bond acceptors (Lipinski definition) is 2. The van der Waals surface area contributed by atoms with E-state index in [0.29, 0.717) is 6.42 Å². The molecule has 0 heterocycles. The van der Waals surface area contributed by atoms with Gasteiger partial charge in [-0.05, 0) is 18.6 Å². The lowest BCUT2D eigenvalue weighted by molar-refractivity contribution is -0.253. The topological polar surface area (TPSA) is 26.3 Å². The molecule has 0 spiro atoms. The van der Waals surface area contributed by atoms with Crippen LogP contribution in [0.2, 0.25) is 0 Å². The van der Waals surface area contributed by atoms with Gasteiger partial charge in [0.1, 0.15) is 5.75 Å². The SMILES string of the molecule is CCCC(=O)c1cccc(OC(F)(F)C(F)F)c1. The van der Waals surface area contributed by atoms with E-state index in [9.17, 15) is 22.4 Å². The van der Waals surface area contributed by atoms with Crippen LogP contribution in [0.3, 0.4) is 0 Å². The molecule has 0 bridgehead atoms. The van der Waals surface area contributed by atoms with Crippen molar-refractivity contribution in [3.8, 4) is 5.75 Å². The molecule has 0 saturated carbocycles. The highest BCUT2D eigenvalue weighted by Gasteiger charge is 2.43. The average Bonchev–Trinajstić information content (AvgIpc) is 2.29. The van der Waals surface area contributed by atoms with Crippen LogP contribution >= 0.6 is 0 Å². The van der Waals surface area contributed by atoms with Gasteiger partial charge < -0.3 is 4.74 Å². The van der Waals surface area contributed by atoms with Crippen LogP contribution in [0.4, 0.5) is 17.6 Å². The Bertz CT molecular complexity index is 418. The summed E-state index contributed by atoms with van der Waals surface area (Å²) in [6.07, 6.45) is -7.62. The van der Waals surface area contributed by atoms with Gasteiger partial charge in [-0.15, -0.1) is 0 Å². The number of hydrogen-bond donors (Lipinski definition) is 0. The van der Waals surface area contributed by atoms with Crippen molar-refractivity contribution in [1.29, 1.82) is 0 Å². The molecule has 100 valence electrons. The van der Waals surface area contributed by atoms with Gasteiger partial charge in [0.05, 0.1) is 0 Å². The summed E-state index contributed by atoms with van der Waals surface area (Å²) in [6, 6.07) is 4.86. The van der Waals surface area contributed by atoms with Gasteiger partial charge in [-0.1, -0.05) is 19.1 Å². The summed E-state index contributed by atoms with van der Waals surface area (Å²) in [4.78, 5) is 11.5. The van der Waals surface area contributed by atoms with Crippen molar-refractivity contribution >= 4 is 5.78 Å². The quantitative estimate of drug-likeness (QED) is 0.575. The summed E-state index contributed by atoms with van der Waals surface area (Å²) in [7, 11) is 0. The number of Topliss-reactive ketones (excluding diaryl/α,β-unsaturated/α-hetero) is 1. The van der Waals surface area contributed by atoms with Gasteiger partial charge in [0.15, 0.2) is 5.78 Å². The van der Waals surface area contributed by atoms with Crippen LogP contribution in [0.1, 0.15) is 30.1 Å². The molecule has 0 aliphatic rings. The highest BCUT2D eigenvalue weighted by molar-refractivity contribution is 5.96. The largest absolute Gasteiger partial charge is 0.461 e. The van der Waals surface area contributed by atoms with E-state index in [4.69, 9.17) is 0 Å². The number of ketones is 1. The third-order valence-electron chi connectivity index (χ3n) is 2.14. The molecule has 18 heavy (non-hydrogen) atoms. The minimum absolute atomic E-state index is 0.166. The Labute approximate surface area is 102 Å². The molecule has 1 aromatic carbocycles. The first-order chi connectivity index (χ1) is 8.36. The lowest BCUT2D eigenvalue weighted by atomic mass is 10.1. The van der Waals surface area contributed by atoms with Crippen LogP contribution in [0, 0.1) is 0 Å². The minimum atomic E-state index is -4.56. The Morgan fingerprint density at radius 2 is 2.06 bits per heavy atom. The highest BCUT2D eigenvalue weighted by Crippen LogP contribution is 2.28. The maximum Gasteiger partial charge on any atom is 0.461 e. The highest BCUT2D eigenvalue weighted by atomic mass is 19.3. The van der Waals surface area contributed by atoms with Crippen molar-refractivity contribution in [3.63, 3.8) is 0 Å². The zero-order valence-corrected chi connectivity index (χ0v) is 9.63. The Balaban J connectivity index is 2.86. The summed E-state index contributed by atoms with van der Waals surface area (Å²) in [6.45, 7) is 1.79. The van der Waals surface area contributed by atoms with E-state index < -0.39 is 18.3 Å². The molecule has 0 radical (unpaired) electrons. The van der Waals surface area contributed by atoms with Crippen LogP contribution in [0.15, 0.2) is 24.3 Å². The van der Waals surface area contributed by atoms with Crippen LogP contribution in [-0.4, -0.2) is 18.3 Å². The number of benzene rings is 1. The van der Waals surface area contributed by atoms with Crippen molar-refractivity contribution < 1.29 is 27.1 Å². The van der Waals surface area contributed by atoms with Crippen molar-refractivity contribution in [2.75, 3.05) is 0 Å². The first-order valence-corrected chi connectivity index (χ1v) is 5.35. The number of alkyl halides is 4. The second-order valence-electron chi connectivity index (χ2n) is 3.67. The number of carbonyl (C=O) groups excluding carboxylic acids is 1. The van der Waals surface area contributed by atoms with Gasteiger partial charge in [0, 0.05) is 12.0 Å². The molecular formula is C12H12F4O2. The summed E-state index contributed by atoms with van der Waals surface area (Å²) in [5.74, 6) is -0.703. The molecule has 0 atom stereocenters. The maximum absolute atomic E-state index is 12.7. The predicted molar refractivity (Wildman–Crippen MR) is 57.3 cm³/mol. The number of rotatable bonds is 6. The molecule has 1 aromatic rings. The molecule has 0 N–H and O–H groups in total. The Hall–Kier alpha value is -1.59. The van der Waals surface area contributed by atoms with Crippen LogP contribution < -0.4 is 4.74 Å². The van der Waals surface area contributed by atoms with Gasteiger partial charge in [-0.3, -0.25) is 4.79 Å². The minimum Gasteiger partial charge on any atom is -0.428 e. The standard InChI is InChI=1S/C12H12F4O2/c1-2-4-10(17)8-5-3-6-9(7-8)18-12(15,16)11(13)14/h3,5-7,11H,2,4H2,1H3. The second-order valence-corrected chi connectivity index (χ2v) is 3.67. The summed E-state index contributed by atoms with van der Waals surface area (Å²) in [5.41, 5.74) is 0.166. The van der Waals surface area contributed by atoms with Crippen molar-refractivity contribution in [2.24, 2.45) is 0 Å². The monoisotopic (exact) mass is 264 g/mol. The normalized spacial score (nSPS) is 11.7. The Kier molecular flexibility index (Phi) is 4.69. The van der Waals surface area contributed by atoms with Crippen LogP contribution in [0.5, 0.6) is 5.75 Å². The van der Waals surface area contributed by atoms with Gasteiger partial charge in [-0.2, -0.15) is 17.6 Å². The van der Waals surface area contributed by atoms with E-state index >= 15 is 0 Å². The van der Waals surface area contributed by atoms with E-state index in [1.165, 1.54) is 12.1 Å². The zero-order chi connectivity index (χ0) is 13.8. The second kappa shape index (κ2) is 5.84. The molecule has 2 nitrogen and oxygen atoms in total. The lowest BCUT2D eigenvalue weighted by Crippen LogP contribution is -2.33. The fourth-order valence-corrected chi connectivity index (χ4v) is 1.31. The summed E-state index contributed by atoms with van der Waals surface area (Å²) >= 11 is 0. The fraction of sp³-hybridized carbons (Fsp3) is 0.417. The first-order valence-electron chi connectivity index (χ1n) is 5.35. The molecule has 0 aliphatic carbocycles. The molecular weight excluding hydrogens is 252 g/mol. The molecule has 0 saturated heterocycles. The third kappa shape index (κ3) is 3.72. The average molecular weight is 264 g/mol. The lowest BCUT2D eigenvalue weighted by Gasteiger charge is -2.17. The van der Waals surface area contributed by atoms with Crippen LogP contribution in [-0.2, 0) is 0 Å². The fourth-order valence-electron chi connectivity index (χ4n) is 1.31. The summed E-state index contributed by atoms with van der Waals surface area (Å²) < 4.78 is 53.1. The van der Waals surface area contributed by atoms with E-state index in [0.717, 1.165) is 12.1 Å². The third-order valence-corrected chi connectivity index (χ3v) is 2.14. The summed E-state index contributed by atoms with van der Waals surface area (Å²) in [5, 5.41) is 0. The van der Waals surface area contributed by atoms with E-state index in [-0.39, 0.29) is 17.8 Å². The van der Waals surface area contributed by atoms with E-state index in [1.54, 1.807) is 6.92 Å². The maximum atomic E-state index is 12.7. The van der Waals surface area contributed by atoms with E-state index in [2.05, 4.69) is 4.74 Å². The Morgan fingerprint density at radius 3 is 2.61 bits per heavy atom. The van der Waals surface area contributed by atoms with Crippen molar-refractivity contribution in [1.82, 2.24) is 0 Å². The molecule has 0 aromatic heterocycles. The molecule has 1 rings (SSSR count). The van der Waals surface area contributed by atoms with Crippen molar-refractivity contribution in [2.45, 2.75) is 32.3 Å². The number of carbonyl (C=O) groups is 1. The molecule has 0 amide bonds. The smallest absolute Gasteiger partial charge is 0.428 e. The van der Waals surface area contributed by atoms with Gasteiger partial charge in [-0.25, -0.2) is 0 Å². The van der Waals surface area contributed by atoms with E-state index in [1.807, 2.05) is 0 Å². The molecule has 6 heteroatoms. The van der Waals surface area contributed by atoms with Gasteiger partial charge >= 0.3 is 12.5 Å². The Morgan fingerprint density at radius 1 is 1.39 bits per heavy atom. The van der Waals surface area contributed by atoms with Gasteiger partial charge in [0.25, 0.3) is 0 Å². The zero-order valence-electron chi connectivity index (χ0n) is 9.63. The number of halogens is 4. The first kappa shape index (κ1) is 14.5. The molecule has 0 fully saturated rings. The molecule has 0 aliphatic heterocycles.